The van der Waals surface area contributed by atoms with Crippen molar-refractivity contribution in [3.8, 4) is 11.3 Å². The Morgan fingerprint density at radius 3 is 2.81 bits per heavy atom. The van der Waals surface area contributed by atoms with Crippen molar-refractivity contribution in [2.24, 2.45) is 7.05 Å². The van der Waals surface area contributed by atoms with Gasteiger partial charge in [0, 0.05) is 24.7 Å². The minimum Gasteiger partial charge on any atom is -0.332 e. The molecule has 0 atom stereocenters. The Labute approximate surface area is 160 Å². The van der Waals surface area contributed by atoms with Crippen LogP contribution in [0.1, 0.15) is 21.6 Å². The summed E-state index contributed by atoms with van der Waals surface area (Å²) in [6.45, 7) is 1.25. The fraction of sp³-hybridized carbons (Fsp3) is 0.190. The topological polar surface area (TPSA) is 51.0 Å². The van der Waals surface area contributed by atoms with Gasteiger partial charge in [0.05, 0.1) is 39.2 Å². The van der Waals surface area contributed by atoms with Crippen molar-refractivity contribution in [2.75, 3.05) is 6.54 Å². The highest BCUT2D eigenvalue weighted by Crippen LogP contribution is 2.31. The molecule has 134 valence electrons. The van der Waals surface area contributed by atoms with Crippen molar-refractivity contribution in [1.82, 2.24) is 19.7 Å². The molecule has 0 spiro atoms. The Hall–Kier alpha value is -2.99. The Morgan fingerprint density at radius 2 is 1.96 bits per heavy atom. The van der Waals surface area contributed by atoms with Gasteiger partial charge in [-0.15, -0.1) is 11.3 Å². The zero-order chi connectivity index (χ0) is 18.4. The summed E-state index contributed by atoms with van der Waals surface area (Å²) >= 11 is 1.52. The smallest absolute Gasteiger partial charge is 0.255 e. The Morgan fingerprint density at radius 1 is 1.11 bits per heavy atom. The van der Waals surface area contributed by atoms with Crippen molar-refractivity contribution in [3.63, 3.8) is 0 Å². The van der Waals surface area contributed by atoms with E-state index in [0.717, 1.165) is 33.6 Å². The molecule has 0 aliphatic carbocycles. The number of thiazole rings is 1. The van der Waals surface area contributed by atoms with Crippen molar-refractivity contribution in [3.05, 3.63) is 70.9 Å². The largest absolute Gasteiger partial charge is 0.332 e. The van der Waals surface area contributed by atoms with Crippen LogP contribution in [-0.2, 0) is 20.0 Å². The number of aromatic nitrogens is 3. The highest BCUT2D eigenvalue weighted by Gasteiger charge is 2.28. The lowest BCUT2D eigenvalue weighted by Gasteiger charge is -2.27. The zero-order valence-electron chi connectivity index (χ0n) is 14.9. The first-order valence-corrected chi connectivity index (χ1v) is 9.82. The summed E-state index contributed by atoms with van der Waals surface area (Å²) in [6, 6.07) is 16.1. The quantitative estimate of drug-likeness (QED) is 0.535. The summed E-state index contributed by atoms with van der Waals surface area (Å²) in [6.07, 6.45) is 0.817. The van der Waals surface area contributed by atoms with Crippen molar-refractivity contribution in [1.29, 1.82) is 0 Å². The van der Waals surface area contributed by atoms with E-state index in [0.29, 0.717) is 13.1 Å². The molecule has 2 aromatic heterocycles. The third-order valence-electron chi connectivity index (χ3n) is 5.12. The standard InChI is InChI=1S/C21H18N4OS/c1-24-19(14-6-3-2-4-7-14)15-10-11-25(12-18(15)23-24)21(26)16-8-5-9-17-20(16)27-13-22-17/h2-9,13H,10-12H2,1H3. The fourth-order valence-corrected chi connectivity index (χ4v) is 4.67. The van der Waals surface area contributed by atoms with Crippen molar-refractivity contribution < 1.29 is 4.79 Å². The molecule has 6 heteroatoms. The first kappa shape index (κ1) is 16.2. The number of fused-ring (bicyclic) bond motifs is 2. The maximum atomic E-state index is 13.2. The summed E-state index contributed by atoms with van der Waals surface area (Å²) < 4.78 is 2.90. The molecule has 3 heterocycles. The molecule has 0 radical (unpaired) electrons. The Kier molecular flexibility index (Phi) is 3.79. The van der Waals surface area contributed by atoms with Gasteiger partial charge in [-0.25, -0.2) is 4.98 Å². The van der Waals surface area contributed by atoms with Crippen LogP contribution in [0.3, 0.4) is 0 Å². The van der Waals surface area contributed by atoms with Crippen molar-refractivity contribution >= 4 is 27.5 Å². The summed E-state index contributed by atoms with van der Waals surface area (Å²) in [5, 5.41) is 4.72. The number of benzene rings is 2. The van der Waals surface area contributed by atoms with E-state index in [-0.39, 0.29) is 5.91 Å². The van der Waals surface area contributed by atoms with Gasteiger partial charge in [-0.2, -0.15) is 5.10 Å². The molecule has 0 bridgehead atoms. The first-order valence-electron chi connectivity index (χ1n) is 8.94. The van der Waals surface area contributed by atoms with Crippen LogP contribution in [0.4, 0.5) is 0 Å². The minimum atomic E-state index is 0.0578. The van der Waals surface area contributed by atoms with Crippen molar-refractivity contribution in [2.45, 2.75) is 13.0 Å². The van der Waals surface area contributed by atoms with Gasteiger partial charge in [0.25, 0.3) is 5.91 Å². The van der Waals surface area contributed by atoms with E-state index in [1.54, 1.807) is 5.51 Å². The number of amides is 1. The number of nitrogens with zero attached hydrogens (tertiary/aromatic N) is 4. The number of carbonyl (C=O) groups is 1. The van der Waals surface area contributed by atoms with E-state index in [1.165, 1.54) is 22.5 Å². The summed E-state index contributed by atoms with van der Waals surface area (Å²) in [4.78, 5) is 19.4. The van der Waals surface area contributed by atoms with E-state index in [1.807, 2.05) is 53.0 Å². The van der Waals surface area contributed by atoms with Gasteiger partial charge >= 0.3 is 0 Å². The maximum Gasteiger partial charge on any atom is 0.255 e. The van der Waals surface area contributed by atoms with Crippen LogP contribution in [0.15, 0.2) is 54.0 Å². The second kappa shape index (κ2) is 6.32. The second-order valence-corrected chi connectivity index (χ2v) is 7.60. The highest BCUT2D eigenvalue weighted by atomic mass is 32.1. The monoisotopic (exact) mass is 374 g/mol. The van der Waals surface area contributed by atoms with Crippen LogP contribution >= 0.6 is 11.3 Å². The van der Waals surface area contributed by atoms with Gasteiger partial charge in [0.15, 0.2) is 0 Å². The molecule has 4 aromatic rings. The van der Waals surface area contributed by atoms with E-state index in [2.05, 4.69) is 17.1 Å². The molecule has 1 aliphatic rings. The van der Waals surface area contributed by atoms with Gasteiger partial charge in [-0.1, -0.05) is 36.4 Å². The molecule has 5 rings (SSSR count). The zero-order valence-corrected chi connectivity index (χ0v) is 15.7. The number of rotatable bonds is 2. The summed E-state index contributed by atoms with van der Waals surface area (Å²) in [7, 11) is 1.98. The molecule has 5 nitrogen and oxygen atoms in total. The van der Waals surface area contributed by atoms with Gasteiger partial charge < -0.3 is 4.90 Å². The van der Waals surface area contributed by atoms with E-state index in [9.17, 15) is 4.79 Å². The van der Waals surface area contributed by atoms with Gasteiger partial charge in [-0.3, -0.25) is 9.48 Å². The highest BCUT2D eigenvalue weighted by molar-refractivity contribution is 7.17. The van der Waals surface area contributed by atoms with Crippen LogP contribution in [-0.4, -0.2) is 32.1 Å². The molecule has 1 aliphatic heterocycles. The molecule has 0 saturated carbocycles. The van der Waals surface area contributed by atoms with Gasteiger partial charge in [0.2, 0.25) is 0 Å². The maximum absolute atomic E-state index is 13.2. The third-order valence-corrected chi connectivity index (χ3v) is 6.00. The van der Waals surface area contributed by atoms with Crippen LogP contribution in [0.5, 0.6) is 0 Å². The first-order chi connectivity index (χ1) is 13.2. The number of hydrogen-bond donors (Lipinski definition) is 0. The van der Waals surface area contributed by atoms with Gasteiger partial charge in [-0.05, 0) is 18.6 Å². The molecule has 0 N–H and O–H groups in total. The number of carbonyl (C=O) groups excluding carboxylic acids is 1. The van der Waals surface area contributed by atoms with Crippen LogP contribution in [0, 0.1) is 0 Å². The van der Waals surface area contributed by atoms with Crippen LogP contribution in [0.25, 0.3) is 21.5 Å². The van der Waals surface area contributed by atoms with Crippen LogP contribution in [0.2, 0.25) is 0 Å². The van der Waals surface area contributed by atoms with E-state index >= 15 is 0 Å². The SMILES string of the molecule is Cn1nc2c(c1-c1ccccc1)CCN(C(=O)c1cccc3ncsc13)C2. The molecule has 0 unspecified atom stereocenters. The minimum absolute atomic E-state index is 0.0578. The molecule has 1 amide bonds. The average molecular weight is 374 g/mol. The number of hydrogen-bond acceptors (Lipinski definition) is 4. The Bertz CT molecular complexity index is 1150. The molecule has 2 aromatic carbocycles. The summed E-state index contributed by atoms with van der Waals surface area (Å²) in [5.74, 6) is 0.0578. The molecule has 0 saturated heterocycles. The predicted octanol–water partition coefficient (Wildman–Crippen LogP) is 3.90. The second-order valence-electron chi connectivity index (χ2n) is 6.75. The Balaban J connectivity index is 1.49. The fourth-order valence-electron chi connectivity index (χ4n) is 3.88. The molecular formula is C21H18N4OS. The molecular weight excluding hydrogens is 356 g/mol. The lowest BCUT2D eigenvalue weighted by atomic mass is 9.99. The molecule has 0 fully saturated rings. The van der Waals surface area contributed by atoms with Gasteiger partial charge in [0.1, 0.15) is 0 Å². The summed E-state index contributed by atoms with van der Waals surface area (Å²) in [5.41, 5.74) is 7.98. The van der Waals surface area contributed by atoms with E-state index < -0.39 is 0 Å². The normalized spacial score (nSPS) is 13.7. The lowest BCUT2D eigenvalue weighted by Crippen LogP contribution is -2.36. The average Bonchev–Trinajstić information content (AvgIpc) is 3.30. The van der Waals surface area contributed by atoms with Crippen LogP contribution < -0.4 is 0 Å². The third kappa shape index (κ3) is 2.64. The molecule has 27 heavy (non-hydrogen) atoms. The van der Waals surface area contributed by atoms with E-state index in [4.69, 9.17) is 5.10 Å². The lowest BCUT2D eigenvalue weighted by molar-refractivity contribution is 0.0734. The number of aryl methyl sites for hydroxylation is 1. The predicted molar refractivity (Wildman–Crippen MR) is 107 cm³/mol.